The Kier molecular flexibility index (Phi) is 4.41. The van der Waals surface area contributed by atoms with Gasteiger partial charge in [-0.25, -0.2) is 0 Å². The first kappa shape index (κ1) is 15.1. The summed E-state index contributed by atoms with van der Waals surface area (Å²) >= 11 is 0. The highest BCUT2D eigenvalue weighted by atomic mass is 16.5. The lowest BCUT2D eigenvalue weighted by atomic mass is 9.73. The van der Waals surface area contributed by atoms with Crippen molar-refractivity contribution in [3.8, 4) is 0 Å². The molecule has 1 N–H and O–H groups in total. The molecule has 1 aliphatic heterocycles. The van der Waals surface area contributed by atoms with Crippen molar-refractivity contribution in [2.75, 3.05) is 13.7 Å². The summed E-state index contributed by atoms with van der Waals surface area (Å²) in [4.78, 5) is 0. The van der Waals surface area contributed by atoms with Crippen LogP contribution >= 0.6 is 0 Å². The summed E-state index contributed by atoms with van der Waals surface area (Å²) in [7, 11) is 2.08. The molecule has 3 nitrogen and oxygen atoms in total. The zero-order valence-electron chi connectivity index (χ0n) is 13.7. The third-order valence-electron chi connectivity index (χ3n) is 5.49. The third-order valence-corrected chi connectivity index (χ3v) is 5.49. The van der Waals surface area contributed by atoms with Crippen LogP contribution in [-0.2, 0) is 4.74 Å². The van der Waals surface area contributed by atoms with Crippen LogP contribution in [0.5, 0.6) is 0 Å². The number of rotatable bonds is 3. The smallest absolute Gasteiger partial charge is 0.105 e. The number of furan rings is 1. The van der Waals surface area contributed by atoms with Gasteiger partial charge in [0.2, 0.25) is 0 Å². The van der Waals surface area contributed by atoms with E-state index in [4.69, 9.17) is 9.15 Å². The Balaban J connectivity index is 1.78. The van der Waals surface area contributed by atoms with Crippen molar-refractivity contribution in [3.05, 3.63) is 23.2 Å². The number of nitrogens with one attached hydrogen (secondary N) is 1. The molecule has 2 unspecified atom stereocenters. The van der Waals surface area contributed by atoms with E-state index in [2.05, 4.69) is 25.4 Å². The third kappa shape index (κ3) is 3.04. The maximum atomic E-state index is 6.25. The minimum atomic E-state index is 0.170. The van der Waals surface area contributed by atoms with Gasteiger partial charge in [-0.2, -0.15) is 0 Å². The molecule has 3 rings (SSSR count). The monoisotopic (exact) mass is 291 g/mol. The summed E-state index contributed by atoms with van der Waals surface area (Å²) in [5, 5.41) is 3.55. The van der Waals surface area contributed by atoms with Crippen molar-refractivity contribution in [1.82, 2.24) is 5.32 Å². The first-order valence-corrected chi connectivity index (χ1v) is 8.52. The van der Waals surface area contributed by atoms with Gasteiger partial charge in [-0.05, 0) is 58.6 Å². The van der Waals surface area contributed by atoms with Crippen LogP contribution in [0, 0.1) is 19.8 Å². The molecule has 118 valence electrons. The summed E-state index contributed by atoms with van der Waals surface area (Å²) in [6.45, 7) is 5.04. The van der Waals surface area contributed by atoms with E-state index in [1.165, 1.54) is 44.1 Å². The summed E-state index contributed by atoms with van der Waals surface area (Å²) < 4.78 is 12.0. The van der Waals surface area contributed by atoms with Crippen molar-refractivity contribution in [2.24, 2.45) is 5.92 Å². The Morgan fingerprint density at radius 2 is 2.00 bits per heavy atom. The molecule has 2 heterocycles. The average Bonchev–Trinajstić information content (AvgIpc) is 2.80. The van der Waals surface area contributed by atoms with E-state index in [0.29, 0.717) is 12.0 Å². The average molecular weight is 291 g/mol. The summed E-state index contributed by atoms with van der Waals surface area (Å²) in [6, 6.07) is 2.60. The van der Waals surface area contributed by atoms with E-state index in [1.807, 2.05) is 6.92 Å². The van der Waals surface area contributed by atoms with Gasteiger partial charge in [0, 0.05) is 18.2 Å². The second-order valence-electron chi connectivity index (χ2n) is 6.98. The zero-order valence-corrected chi connectivity index (χ0v) is 13.7. The van der Waals surface area contributed by atoms with Gasteiger partial charge in [0.1, 0.15) is 11.5 Å². The van der Waals surface area contributed by atoms with E-state index in [1.54, 1.807) is 0 Å². The maximum absolute atomic E-state index is 6.25. The van der Waals surface area contributed by atoms with Crippen molar-refractivity contribution in [3.63, 3.8) is 0 Å². The SMILES string of the molecule is CNC(c1cc(C)oc1C)C1CCOC2(CCCCC2)C1. The molecule has 1 saturated heterocycles. The molecule has 1 aliphatic carbocycles. The molecule has 21 heavy (non-hydrogen) atoms. The van der Waals surface area contributed by atoms with Gasteiger partial charge in [-0.15, -0.1) is 0 Å². The molecule has 1 spiro atoms. The van der Waals surface area contributed by atoms with Gasteiger partial charge >= 0.3 is 0 Å². The van der Waals surface area contributed by atoms with Gasteiger partial charge < -0.3 is 14.5 Å². The fraction of sp³-hybridized carbons (Fsp3) is 0.778. The molecule has 0 aromatic carbocycles. The minimum absolute atomic E-state index is 0.170. The molecule has 0 amide bonds. The lowest BCUT2D eigenvalue weighted by Gasteiger charge is -2.45. The molecule has 0 radical (unpaired) electrons. The molecule has 2 aliphatic rings. The van der Waals surface area contributed by atoms with E-state index >= 15 is 0 Å². The van der Waals surface area contributed by atoms with Crippen LogP contribution in [0.25, 0.3) is 0 Å². The molecule has 2 fully saturated rings. The molecule has 0 bridgehead atoms. The fourth-order valence-corrected chi connectivity index (χ4v) is 4.50. The van der Waals surface area contributed by atoms with E-state index in [-0.39, 0.29) is 5.60 Å². The van der Waals surface area contributed by atoms with Crippen molar-refractivity contribution >= 4 is 0 Å². The lowest BCUT2D eigenvalue weighted by Crippen LogP contribution is -2.44. The quantitative estimate of drug-likeness (QED) is 0.902. The molecule has 1 saturated carbocycles. The number of aryl methyl sites for hydroxylation is 2. The molecule has 3 heteroatoms. The van der Waals surface area contributed by atoms with Gasteiger partial charge in [0.25, 0.3) is 0 Å². The molecular formula is C18H29NO2. The van der Waals surface area contributed by atoms with Crippen molar-refractivity contribution in [2.45, 2.75) is 70.4 Å². The predicted octanol–water partition coefficient (Wildman–Crippen LogP) is 4.29. The van der Waals surface area contributed by atoms with Gasteiger partial charge in [0.15, 0.2) is 0 Å². The highest BCUT2D eigenvalue weighted by Gasteiger charge is 2.41. The van der Waals surface area contributed by atoms with Gasteiger partial charge in [0.05, 0.1) is 5.60 Å². The van der Waals surface area contributed by atoms with Crippen LogP contribution in [0.4, 0.5) is 0 Å². The van der Waals surface area contributed by atoms with E-state index < -0.39 is 0 Å². The largest absolute Gasteiger partial charge is 0.466 e. The highest BCUT2D eigenvalue weighted by Crippen LogP contribution is 2.44. The number of hydrogen-bond donors (Lipinski definition) is 1. The fourth-order valence-electron chi connectivity index (χ4n) is 4.50. The summed E-state index contributed by atoms with van der Waals surface area (Å²) in [6.07, 6.45) is 8.90. The van der Waals surface area contributed by atoms with Crippen molar-refractivity contribution < 1.29 is 9.15 Å². The second kappa shape index (κ2) is 6.13. The highest BCUT2D eigenvalue weighted by molar-refractivity contribution is 5.25. The summed E-state index contributed by atoms with van der Waals surface area (Å²) in [5.74, 6) is 2.73. The second-order valence-corrected chi connectivity index (χ2v) is 6.98. The van der Waals surface area contributed by atoms with E-state index in [9.17, 15) is 0 Å². The Labute approximate surface area is 128 Å². The van der Waals surface area contributed by atoms with Crippen LogP contribution in [0.2, 0.25) is 0 Å². The van der Waals surface area contributed by atoms with Crippen molar-refractivity contribution in [1.29, 1.82) is 0 Å². The Bertz CT molecular complexity index is 468. The molecule has 1 aromatic heterocycles. The van der Waals surface area contributed by atoms with Crippen LogP contribution < -0.4 is 5.32 Å². The minimum Gasteiger partial charge on any atom is -0.466 e. The van der Waals surface area contributed by atoms with Crippen LogP contribution in [0.15, 0.2) is 10.5 Å². The predicted molar refractivity (Wildman–Crippen MR) is 84.5 cm³/mol. The molecule has 2 atom stereocenters. The van der Waals surface area contributed by atoms with Gasteiger partial charge in [-0.1, -0.05) is 19.3 Å². The standard InChI is InChI=1S/C18H29NO2/c1-13-11-16(14(2)21-13)17(19-3)15-7-10-20-18(12-15)8-5-4-6-9-18/h11,15,17,19H,4-10,12H2,1-3H3. The Hall–Kier alpha value is -0.800. The Morgan fingerprint density at radius 1 is 1.24 bits per heavy atom. The summed E-state index contributed by atoms with van der Waals surface area (Å²) in [5.41, 5.74) is 1.51. The first-order valence-electron chi connectivity index (χ1n) is 8.52. The number of hydrogen-bond acceptors (Lipinski definition) is 3. The van der Waals surface area contributed by atoms with Crippen LogP contribution in [0.3, 0.4) is 0 Å². The van der Waals surface area contributed by atoms with E-state index in [0.717, 1.165) is 24.5 Å². The zero-order chi connectivity index (χ0) is 14.9. The molecular weight excluding hydrogens is 262 g/mol. The lowest BCUT2D eigenvalue weighted by molar-refractivity contribution is -0.121. The molecule has 1 aromatic rings. The Morgan fingerprint density at radius 3 is 2.62 bits per heavy atom. The topological polar surface area (TPSA) is 34.4 Å². The normalized spacial score (nSPS) is 26.9. The van der Waals surface area contributed by atoms with Crippen LogP contribution in [0.1, 0.15) is 68.1 Å². The first-order chi connectivity index (χ1) is 10.1. The van der Waals surface area contributed by atoms with Crippen LogP contribution in [-0.4, -0.2) is 19.3 Å². The van der Waals surface area contributed by atoms with Gasteiger partial charge in [-0.3, -0.25) is 0 Å². The maximum Gasteiger partial charge on any atom is 0.105 e. The number of ether oxygens (including phenoxy) is 1.